The standard InChI is InChI=1S/C24H23N3O2/c1-15(2)21-22(24(28)29)27(23(26-21)17-7-6-12-25-13-17)14-18-11-10-16(3)19-8-4-5-9-20(18)19/h4-13,15H,14H2,1-3H3,(H,28,29). The Kier molecular flexibility index (Phi) is 4.89. The number of hydrogen-bond acceptors (Lipinski definition) is 3. The van der Waals surface area contributed by atoms with Crippen LogP contribution in [-0.2, 0) is 6.54 Å². The number of aryl methyl sites for hydroxylation is 1. The molecule has 0 atom stereocenters. The summed E-state index contributed by atoms with van der Waals surface area (Å²) < 4.78 is 1.81. The summed E-state index contributed by atoms with van der Waals surface area (Å²) in [6.45, 7) is 6.44. The molecule has 5 nitrogen and oxygen atoms in total. The molecule has 29 heavy (non-hydrogen) atoms. The van der Waals surface area contributed by atoms with Gasteiger partial charge in [-0.25, -0.2) is 9.78 Å². The maximum absolute atomic E-state index is 12.2. The maximum Gasteiger partial charge on any atom is 0.354 e. The first kappa shape index (κ1) is 18.9. The highest BCUT2D eigenvalue weighted by Gasteiger charge is 2.25. The molecule has 5 heteroatoms. The number of carboxylic acid groups (broad SMARTS) is 1. The number of rotatable bonds is 5. The van der Waals surface area contributed by atoms with Gasteiger partial charge in [-0.1, -0.05) is 50.2 Å². The highest BCUT2D eigenvalue weighted by molar-refractivity contribution is 5.90. The van der Waals surface area contributed by atoms with Crippen LogP contribution in [0.3, 0.4) is 0 Å². The fourth-order valence-electron chi connectivity index (χ4n) is 3.79. The third kappa shape index (κ3) is 3.40. The minimum Gasteiger partial charge on any atom is -0.477 e. The van der Waals surface area contributed by atoms with E-state index in [0.717, 1.165) is 16.5 Å². The van der Waals surface area contributed by atoms with Gasteiger partial charge in [-0.05, 0) is 46.9 Å². The van der Waals surface area contributed by atoms with Crippen LogP contribution < -0.4 is 0 Å². The molecule has 4 rings (SSSR count). The Bertz CT molecular complexity index is 1190. The predicted molar refractivity (Wildman–Crippen MR) is 114 cm³/mol. The number of carboxylic acids is 1. The molecule has 0 aliphatic heterocycles. The summed E-state index contributed by atoms with van der Waals surface area (Å²) in [7, 11) is 0. The summed E-state index contributed by atoms with van der Waals surface area (Å²) in [5.41, 5.74) is 3.89. The van der Waals surface area contributed by atoms with Crippen LogP contribution in [0.4, 0.5) is 0 Å². The molecule has 0 unspecified atom stereocenters. The maximum atomic E-state index is 12.2. The summed E-state index contributed by atoms with van der Waals surface area (Å²) in [6.07, 6.45) is 3.42. The largest absolute Gasteiger partial charge is 0.477 e. The molecule has 0 aliphatic rings. The number of hydrogen-bond donors (Lipinski definition) is 1. The molecule has 0 amide bonds. The van der Waals surface area contributed by atoms with E-state index < -0.39 is 5.97 Å². The summed E-state index contributed by atoms with van der Waals surface area (Å²) in [6, 6.07) is 16.1. The van der Waals surface area contributed by atoms with Gasteiger partial charge in [0, 0.05) is 18.0 Å². The molecule has 0 fully saturated rings. The zero-order valence-corrected chi connectivity index (χ0v) is 16.8. The molecule has 2 aromatic carbocycles. The van der Waals surface area contributed by atoms with Crippen molar-refractivity contribution in [1.82, 2.24) is 14.5 Å². The Morgan fingerprint density at radius 3 is 2.48 bits per heavy atom. The van der Waals surface area contributed by atoms with Gasteiger partial charge < -0.3 is 9.67 Å². The van der Waals surface area contributed by atoms with Crippen molar-refractivity contribution in [2.24, 2.45) is 0 Å². The first-order chi connectivity index (χ1) is 14.0. The van der Waals surface area contributed by atoms with Crippen molar-refractivity contribution in [2.45, 2.75) is 33.2 Å². The second-order valence-electron chi connectivity index (χ2n) is 7.54. The van der Waals surface area contributed by atoms with E-state index in [9.17, 15) is 9.90 Å². The first-order valence-corrected chi connectivity index (χ1v) is 9.68. The van der Waals surface area contributed by atoms with Crippen LogP contribution in [-0.4, -0.2) is 25.6 Å². The van der Waals surface area contributed by atoms with E-state index in [1.807, 2.05) is 42.7 Å². The number of carbonyl (C=O) groups is 1. The van der Waals surface area contributed by atoms with Gasteiger partial charge in [-0.2, -0.15) is 0 Å². The van der Waals surface area contributed by atoms with Crippen molar-refractivity contribution in [3.05, 3.63) is 83.4 Å². The minimum absolute atomic E-state index is 0.00691. The Labute approximate surface area is 169 Å². The second-order valence-corrected chi connectivity index (χ2v) is 7.54. The molecule has 0 saturated heterocycles. The van der Waals surface area contributed by atoms with Crippen LogP contribution in [0.5, 0.6) is 0 Å². The molecule has 4 aromatic rings. The molecule has 0 aliphatic carbocycles. The van der Waals surface area contributed by atoms with Gasteiger partial charge in [0.1, 0.15) is 5.82 Å². The highest BCUT2D eigenvalue weighted by Crippen LogP contribution is 2.30. The topological polar surface area (TPSA) is 68.0 Å². The van der Waals surface area contributed by atoms with Gasteiger partial charge >= 0.3 is 5.97 Å². The van der Waals surface area contributed by atoms with E-state index in [2.05, 4.69) is 36.2 Å². The molecule has 0 saturated carbocycles. The summed E-state index contributed by atoms with van der Waals surface area (Å²) in [4.78, 5) is 21.2. The lowest BCUT2D eigenvalue weighted by atomic mass is 10.00. The van der Waals surface area contributed by atoms with Crippen LogP contribution in [0, 0.1) is 6.92 Å². The number of benzene rings is 2. The zero-order valence-electron chi connectivity index (χ0n) is 16.8. The normalized spacial score (nSPS) is 11.3. The van der Waals surface area contributed by atoms with Gasteiger partial charge in [0.05, 0.1) is 12.2 Å². The van der Waals surface area contributed by atoms with E-state index in [1.54, 1.807) is 12.4 Å². The molecule has 0 bridgehead atoms. The lowest BCUT2D eigenvalue weighted by Gasteiger charge is -2.14. The summed E-state index contributed by atoms with van der Waals surface area (Å²) in [5.74, 6) is -0.343. The van der Waals surface area contributed by atoms with Gasteiger partial charge in [-0.15, -0.1) is 0 Å². The Morgan fingerprint density at radius 2 is 1.83 bits per heavy atom. The highest BCUT2D eigenvalue weighted by atomic mass is 16.4. The van der Waals surface area contributed by atoms with Crippen LogP contribution in [0.2, 0.25) is 0 Å². The van der Waals surface area contributed by atoms with E-state index in [1.165, 1.54) is 10.9 Å². The fraction of sp³-hybridized carbons (Fsp3) is 0.208. The monoisotopic (exact) mass is 385 g/mol. The molecule has 2 aromatic heterocycles. The summed E-state index contributed by atoms with van der Waals surface area (Å²) in [5, 5.41) is 12.3. The van der Waals surface area contributed by atoms with E-state index >= 15 is 0 Å². The molecule has 146 valence electrons. The van der Waals surface area contributed by atoms with Gasteiger partial charge in [0.2, 0.25) is 0 Å². The number of fused-ring (bicyclic) bond motifs is 1. The molecule has 0 spiro atoms. The van der Waals surface area contributed by atoms with Crippen molar-refractivity contribution in [1.29, 1.82) is 0 Å². The molecule has 2 heterocycles. The van der Waals surface area contributed by atoms with Crippen molar-refractivity contribution < 1.29 is 9.90 Å². The number of imidazole rings is 1. The van der Waals surface area contributed by atoms with E-state index in [-0.39, 0.29) is 11.6 Å². The van der Waals surface area contributed by atoms with Gasteiger partial charge in [0.25, 0.3) is 0 Å². The third-order valence-electron chi connectivity index (χ3n) is 5.22. The quantitative estimate of drug-likeness (QED) is 0.508. The van der Waals surface area contributed by atoms with Crippen LogP contribution >= 0.6 is 0 Å². The predicted octanol–water partition coefficient (Wildman–Crippen LogP) is 5.28. The number of nitrogens with zero attached hydrogens (tertiary/aromatic N) is 3. The molecule has 0 radical (unpaired) electrons. The van der Waals surface area contributed by atoms with Crippen molar-refractivity contribution in [3.8, 4) is 11.4 Å². The zero-order chi connectivity index (χ0) is 20.5. The number of aromatic nitrogens is 3. The average Bonchev–Trinajstić information content (AvgIpc) is 3.11. The van der Waals surface area contributed by atoms with Crippen molar-refractivity contribution in [2.75, 3.05) is 0 Å². The van der Waals surface area contributed by atoms with Gasteiger partial charge in [-0.3, -0.25) is 4.98 Å². The number of aromatic carboxylic acids is 1. The average molecular weight is 385 g/mol. The molecular formula is C24H23N3O2. The third-order valence-corrected chi connectivity index (χ3v) is 5.22. The summed E-state index contributed by atoms with van der Waals surface area (Å²) >= 11 is 0. The van der Waals surface area contributed by atoms with Crippen molar-refractivity contribution in [3.63, 3.8) is 0 Å². The SMILES string of the molecule is Cc1ccc(Cn2c(-c3cccnc3)nc(C(C)C)c2C(=O)O)c2ccccc12. The second kappa shape index (κ2) is 7.51. The van der Waals surface area contributed by atoms with Crippen LogP contribution in [0.1, 0.15) is 47.1 Å². The fourth-order valence-corrected chi connectivity index (χ4v) is 3.79. The lowest BCUT2D eigenvalue weighted by Crippen LogP contribution is -2.13. The lowest BCUT2D eigenvalue weighted by molar-refractivity contribution is 0.0684. The first-order valence-electron chi connectivity index (χ1n) is 9.68. The molecular weight excluding hydrogens is 362 g/mol. The Hall–Kier alpha value is -3.47. The minimum atomic E-state index is -0.965. The van der Waals surface area contributed by atoms with E-state index in [4.69, 9.17) is 4.98 Å². The van der Waals surface area contributed by atoms with E-state index in [0.29, 0.717) is 18.1 Å². The van der Waals surface area contributed by atoms with Gasteiger partial charge in [0.15, 0.2) is 5.69 Å². The Balaban J connectivity index is 1.96. The van der Waals surface area contributed by atoms with Crippen LogP contribution in [0.25, 0.3) is 22.2 Å². The number of pyridine rings is 1. The van der Waals surface area contributed by atoms with Crippen LogP contribution in [0.15, 0.2) is 60.9 Å². The molecule has 1 N–H and O–H groups in total. The van der Waals surface area contributed by atoms with Crippen molar-refractivity contribution >= 4 is 16.7 Å². The smallest absolute Gasteiger partial charge is 0.354 e. The Morgan fingerprint density at radius 1 is 1.07 bits per heavy atom.